The van der Waals surface area contributed by atoms with Gasteiger partial charge >= 0.3 is 0 Å². The topological polar surface area (TPSA) is 55.9 Å². The highest BCUT2D eigenvalue weighted by Crippen LogP contribution is 2.24. The lowest BCUT2D eigenvalue weighted by molar-refractivity contribution is -0.133. The van der Waals surface area contributed by atoms with Crippen molar-refractivity contribution in [3.05, 3.63) is 48.0 Å². The van der Waals surface area contributed by atoms with Gasteiger partial charge in [-0.3, -0.25) is 19.4 Å². The Morgan fingerprint density at radius 1 is 0.812 bits per heavy atom. The first-order valence-electron chi connectivity index (χ1n) is 12.1. The van der Waals surface area contributed by atoms with Crippen LogP contribution in [0.15, 0.2) is 42.5 Å². The number of piperazine rings is 1. The monoisotopic (exact) mass is 436 g/mol. The highest BCUT2D eigenvalue weighted by Gasteiger charge is 2.24. The Hall–Kier alpha value is -2.44. The fraction of sp³-hybridized carbons (Fsp3) is 0.538. The van der Waals surface area contributed by atoms with Crippen molar-refractivity contribution in [2.45, 2.75) is 38.6 Å². The summed E-state index contributed by atoms with van der Waals surface area (Å²) in [6, 6.07) is 14.5. The van der Waals surface area contributed by atoms with Gasteiger partial charge in [0.05, 0.1) is 19.1 Å². The Labute approximate surface area is 191 Å². The molecule has 172 valence electrons. The largest absolute Gasteiger partial charge is 0.348 e. The second kappa shape index (κ2) is 10.9. The number of hydrogen-bond acceptors (Lipinski definition) is 4. The standard InChI is InChI=1S/C26H36N4O2/c1-21(23-12-8-10-22-9-4-5-11-24(22)23)27-25(31)19-28-15-17-29(18-16-28)20-26(32)30-13-6-2-3-7-14-30/h4-5,8-12,21H,2-3,6-7,13-20H2,1H3,(H,27,31)/t21-/m0/s1. The summed E-state index contributed by atoms with van der Waals surface area (Å²) in [7, 11) is 0. The number of amides is 2. The predicted molar refractivity (Wildman–Crippen MR) is 128 cm³/mol. The number of likely N-dealkylation sites (tertiary alicyclic amines) is 1. The average Bonchev–Trinajstić information content (AvgIpc) is 3.09. The molecule has 0 unspecified atom stereocenters. The molecule has 0 radical (unpaired) electrons. The molecule has 0 aliphatic carbocycles. The van der Waals surface area contributed by atoms with E-state index in [0.717, 1.165) is 57.7 Å². The lowest BCUT2D eigenvalue weighted by Crippen LogP contribution is -2.52. The molecule has 2 aromatic rings. The molecule has 6 nitrogen and oxygen atoms in total. The highest BCUT2D eigenvalue weighted by atomic mass is 16.2. The Morgan fingerprint density at radius 2 is 1.44 bits per heavy atom. The van der Waals surface area contributed by atoms with Gasteiger partial charge in [-0.1, -0.05) is 55.3 Å². The molecule has 0 aromatic heterocycles. The first-order valence-corrected chi connectivity index (χ1v) is 12.1. The van der Waals surface area contributed by atoms with Gasteiger partial charge < -0.3 is 10.2 Å². The van der Waals surface area contributed by atoms with Gasteiger partial charge in [0.25, 0.3) is 0 Å². The molecular weight excluding hydrogens is 400 g/mol. The van der Waals surface area contributed by atoms with Crippen LogP contribution in [0.2, 0.25) is 0 Å². The van der Waals surface area contributed by atoms with Gasteiger partial charge in [0.1, 0.15) is 0 Å². The van der Waals surface area contributed by atoms with E-state index in [1.165, 1.54) is 23.6 Å². The van der Waals surface area contributed by atoms with E-state index in [4.69, 9.17) is 0 Å². The quantitative estimate of drug-likeness (QED) is 0.756. The molecule has 32 heavy (non-hydrogen) atoms. The summed E-state index contributed by atoms with van der Waals surface area (Å²) in [4.78, 5) is 31.8. The van der Waals surface area contributed by atoms with E-state index in [1.54, 1.807) is 0 Å². The van der Waals surface area contributed by atoms with Gasteiger partial charge in [-0.05, 0) is 36.1 Å². The number of hydrogen-bond donors (Lipinski definition) is 1. The van der Waals surface area contributed by atoms with Crippen LogP contribution in [0.1, 0.15) is 44.2 Å². The fourth-order valence-corrected chi connectivity index (χ4v) is 4.91. The zero-order chi connectivity index (χ0) is 22.3. The number of rotatable bonds is 6. The molecule has 6 heteroatoms. The third kappa shape index (κ3) is 5.87. The minimum atomic E-state index is -0.0406. The number of benzene rings is 2. The number of carbonyl (C=O) groups excluding carboxylic acids is 2. The maximum absolute atomic E-state index is 12.7. The summed E-state index contributed by atoms with van der Waals surface area (Å²) < 4.78 is 0. The van der Waals surface area contributed by atoms with Crippen LogP contribution >= 0.6 is 0 Å². The van der Waals surface area contributed by atoms with Crippen molar-refractivity contribution in [1.29, 1.82) is 0 Å². The van der Waals surface area contributed by atoms with Crippen molar-refractivity contribution in [3.63, 3.8) is 0 Å². The SMILES string of the molecule is C[C@H](NC(=O)CN1CCN(CC(=O)N2CCCCCC2)CC1)c1cccc2ccccc12. The smallest absolute Gasteiger partial charge is 0.236 e. The van der Waals surface area contributed by atoms with Crippen molar-refractivity contribution in [1.82, 2.24) is 20.0 Å². The first kappa shape index (κ1) is 22.7. The molecule has 0 bridgehead atoms. The zero-order valence-corrected chi connectivity index (χ0v) is 19.3. The van der Waals surface area contributed by atoms with Crippen LogP contribution in [0.25, 0.3) is 10.8 Å². The summed E-state index contributed by atoms with van der Waals surface area (Å²) in [6.07, 6.45) is 4.74. The molecule has 2 fully saturated rings. The average molecular weight is 437 g/mol. The van der Waals surface area contributed by atoms with E-state index >= 15 is 0 Å². The van der Waals surface area contributed by atoms with Gasteiger partial charge in [0.2, 0.25) is 11.8 Å². The van der Waals surface area contributed by atoms with E-state index in [2.05, 4.69) is 39.4 Å². The molecule has 2 aromatic carbocycles. The Kier molecular flexibility index (Phi) is 7.76. The molecule has 2 saturated heterocycles. The van der Waals surface area contributed by atoms with Crippen molar-refractivity contribution in [2.75, 3.05) is 52.4 Å². The molecule has 2 aliphatic rings. The predicted octanol–water partition coefficient (Wildman–Crippen LogP) is 3.04. The normalized spacial score (nSPS) is 19.5. The summed E-state index contributed by atoms with van der Waals surface area (Å²) in [5.74, 6) is 0.321. The van der Waals surface area contributed by atoms with Crippen LogP contribution in [0.4, 0.5) is 0 Å². The van der Waals surface area contributed by atoms with Gasteiger partial charge in [-0.15, -0.1) is 0 Å². The highest BCUT2D eigenvalue weighted by molar-refractivity contribution is 5.87. The van der Waals surface area contributed by atoms with E-state index in [0.29, 0.717) is 13.1 Å². The van der Waals surface area contributed by atoms with Crippen LogP contribution in [0.5, 0.6) is 0 Å². The van der Waals surface area contributed by atoms with E-state index < -0.39 is 0 Å². The molecule has 4 rings (SSSR count). The van der Waals surface area contributed by atoms with Gasteiger partial charge in [0, 0.05) is 39.3 Å². The number of carbonyl (C=O) groups is 2. The zero-order valence-electron chi connectivity index (χ0n) is 19.3. The summed E-state index contributed by atoms with van der Waals surface area (Å²) in [5.41, 5.74) is 1.15. The van der Waals surface area contributed by atoms with E-state index in [1.807, 2.05) is 30.0 Å². The van der Waals surface area contributed by atoms with Crippen molar-refractivity contribution < 1.29 is 9.59 Å². The molecule has 0 saturated carbocycles. The van der Waals surface area contributed by atoms with Gasteiger partial charge in [-0.25, -0.2) is 0 Å². The molecule has 2 aliphatic heterocycles. The lowest BCUT2D eigenvalue weighted by Gasteiger charge is -2.35. The minimum Gasteiger partial charge on any atom is -0.348 e. The van der Waals surface area contributed by atoms with Gasteiger partial charge in [-0.2, -0.15) is 0 Å². The molecular formula is C26H36N4O2. The van der Waals surface area contributed by atoms with Crippen molar-refractivity contribution >= 4 is 22.6 Å². The van der Waals surface area contributed by atoms with Crippen LogP contribution in [-0.2, 0) is 9.59 Å². The van der Waals surface area contributed by atoms with Crippen molar-refractivity contribution in [2.24, 2.45) is 0 Å². The Bertz CT molecular complexity index is 910. The second-order valence-corrected chi connectivity index (χ2v) is 9.20. The summed E-state index contributed by atoms with van der Waals surface area (Å²) >= 11 is 0. The lowest BCUT2D eigenvalue weighted by atomic mass is 10.00. The van der Waals surface area contributed by atoms with Crippen LogP contribution in [0, 0.1) is 0 Å². The van der Waals surface area contributed by atoms with Crippen LogP contribution in [0.3, 0.4) is 0 Å². The van der Waals surface area contributed by atoms with Crippen LogP contribution < -0.4 is 5.32 Å². The minimum absolute atomic E-state index is 0.0406. The summed E-state index contributed by atoms with van der Waals surface area (Å²) in [5, 5.41) is 5.55. The third-order valence-electron chi connectivity index (χ3n) is 6.82. The maximum atomic E-state index is 12.7. The molecule has 0 spiro atoms. The maximum Gasteiger partial charge on any atom is 0.236 e. The second-order valence-electron chi connectivity index (χ2n) is 9.20. The number of nitrogens with one attached hydrogen (secondary N) is 1. The molecule has 2 amide bonds. The van der Waals surface area contributed by atoms with E-state index in [-0.39, 0.29) is 17.9 Å². The third-order valence-corrected chi connectivity index (χ3v) is 6.82. The first-order chi connectivity index (χ1) is 15.6. The number of fused-ring (bicyclic) bond motifs is 1. The molecule has 2 heterocycles. The van der Waals surface area contributed by atoms with Crippen molar-refractivity contribution in [3.8, 4) is 0 Å². The van der Waals surface area contributed by atoms with Gasteiger partial charge in [0.15, 0.2) is 0 Å². The van der Waals surface area contributed by atoms with Crippen LogP contribution in [-0.4, -0.2) is 78.9 Å². The fourth-order valence-electron chi connectivity index (χ4n) is 4.91. The summed E-state index contributed by atoms with van der Waals surface area (Å²) in [6.45, 7) is 8.11. The number of nitrogens with zero attached hydrogens (tertiary/aromatic N) is 3. The Balaban J connectivity index is 1.22. The van der Waals surface area contributed by atoms with E-state index in [9.17, 15) is 9.59 Å². The Morgan fingerprint density at radius 3 is 2.16 bits per heavy atom. The molecule has 1 N–H and O–H groups in total. The molecule has 1 atom stereocenters.